The van der Waals surface area contributed by atoms with E-state index in [9.17, 15) is 0 Å². The SMILES string of the molecule is CCCCOCCNCc1cnc2cnc(Br)cn12. The van der Waals surface area contributed by atoms with E-state index in [1.54, 1.807) is 6.20 Å². The maximum Gasteiger partial charge on any atom is 0.155 e. The standard InChI is InChI=1S/C13H19BrN4O/c1-2-3-5-19-6-4-15-7-11-8-17-13-9-16-12(14)10-18(11)13/h8-10,15H,2-7H2,1H3. The fraction of sp³-hybridized carbons (Fsp3) is 0.538. The summed E-state index contributed by atoms with van der Waals surface area (Å²) in [5, 5.41) is 3.35. The van der Waals surface area contributed by atoms with Crippen molar-refractivity contribution in [1.29, 1.82) is 0 Å². The summed E-state index contributed by atoms with van der Waals surface area (Å²) >= 11 is 3.37. The predicted molar refractivity (Wildman–Crippen MR) is 78.1 cm³/mol. The molecule has 0 aliphatic heterocycles. The Kier molecular flexibility index (Phi) is 5.75. The highest BCUT2D eigenvalue weighted by Crippen LogP contribution is 2.10. The molecule has 2 heterocycles. The van der Waals surface area contributed by atoms with Crippen molar-refractivity contribution in [2.45, 2.75) is 26.3 Å². The van der Waals surface area contributed by atoms with E-state index in [0.29, 0.717) is 0 Å². The van der Waals surface area contributed by atoms with Gasteiger partial charge in [0, 0.05) is 25.9 Å². The smallest absolute Gasteiger partial charge is 0.155 e. The Bertz CT molecular complexity index is 514. The molecule has 0 aromatic carbocycles. The molecular formula is C13H19BrN4O. The number of ether oxygens (including phenoxy) is 1. The zero-order chi connectivity index (χ0) is 13.5. The van der Waals surface area contributed by atoms with E-state index in [0.717, 1.165) is 48.7 Å². The molecule has 0 aliphatic carbocycles. The Hall–Kier alpha value is -0.980. The quantitative estimate of drug-likeness (QED) is 0.757. The minimum Gasteiger partial charge on any atom is -0.380 e. The predicted octanol–water partition coefficient (Wildman–Crippen LogP) is 2.40. The van der Waals surface area contributed by atoms with Crippen LogP contribution in [0.25, 0.3) is 5.65 Å². The van der Waals surface area contributed by atoms with E-state index in [1.807, 2.05) is 16.8 Å². The molecule has 0 radical (unpaired) electrons. The van der Waals surface area contributed by atoms with E-state index >= 15 is 0 Å². The summed E-state index contributed by atoms with van der Waals surface area (Å²) in [7, 11) is 0. The van der Waals surface area contributed by atoms with Crippen molar-refractivity contribution in [3.63, 3.8) is 0 Å². The fourth-order valence-corrected chi connectivity index (χ4v) is 2.06. The van der Waals surface area contributed by atoms with Crippen molar-refractivity contribution >= 4 is 21.6 Å². The van der Waals surface area contributed by atoms with Crippen molar-refractivity contribution in [1.82, 2.24) is 19.7 Å². The maximum atomic E-state index is 5.50. The van der Waals surface area contributed by atoms with Crippen LogP contribution in [0.5, 0.6) is 0 Å². The van der Waals surface area contributed by atoms with Crippen LogP contribution in [0.1, 0.15) is 25.5 Å². The van der Waals surface area contributed by atoms with Crippen LogP contribution in [0.15, 0.2) is 23.2 Å². The van der Waals surface area contributed by atoms with Gasteiger partial charge in [-0.1, -0.05) is 13.3 Å². The largest absolute Gasteiger partial charge is 0.380 e. The lowest BCUT2D eigenvalue weighted by Gasteiger charge is -2.06. The first-order chi connectivity index (χ1) is 9.31. The molecule has 5 nitrogen and oxygen atoms in total. The number of nitrogens with zero attached hydrogens (tertiary/aromatic N) is 3. The van der Waals surface area contributed by atoms with Gasteiger partial charge < -0.3 is 10.1 Å². The van der Waals surface area contributed by atoms with Gasteiger partial charge in [0.1, 0.15) is 4.60 Å². The van der Waals surface area contributed by atoms with Crippen LogP contribution in [-0.4, -0.2) is 34.1 Å². The third-order valence-electron chi connectivity index (χ3n) is 2.81. The molecule has 19 heavy (non-hydrogen) atoms. The number of imidazole rings is 1. The van der Waals surface area contributed by atoms with Crippen molar-refractivity contribution < 1.29 is 4.74 Å². The average Bonchev–Trinajstić information content (AvgIpc) is 2.80. The molecule has 2 aromatic heterocycles. The first kappa shape index (κ1) is 14.4. The molecule has 6 heteroatoms. The zero-order valence-electron chi connectivity index (χ0n) is 11.1. The molecule has 0 aliphatic rings. The van der Waals surface area contributed by atoms with Gasteiger partial charge in [0.25, 0.3) is 0 Å². The third kappa shape index (κ3) is 4.26. The molecular weight excluding hydrogens is 308 g/mol. The lowest BCUT2D eigenvalue weighted by Crippen LogP contribution is -2.20. The van der Waals surface area contributed by atoms with E-state index in [1.165, 1.54) is 6.42 Å². The second-order valence-electron chi connectivity index (χ2n) is 4.33. The molecule has 104 valence electrons. The molecule has 0 bridgehead atoms. The molecule has 0 spiro atoms. The van der Waals surface area contributed by atoms with Crippen LogP contribution in [0, 0.1) is 0 Å². The Balaban J connectivity index is 1.77. The summed E-state index contributed by atoms with van der Waals surface area (Å²) in [4.78, 5) is 8.46. The molecule has 0 fully saturated rings. The number of hydrogen-bond donors (Lipinski definition) is 1. The highest BCUT2D eigenvalue weighted by molar-refractivity contribution is 9.10. The topological polar surface area (TPSA) is 51.5 Å². The summed E-state index contributed by atoms with van der Waals surface area (Å²) in [5.74, 6) is 0. The molecule has 0 unspecified atom stereocenters. The van der Waals surface area contributed by atoms with Crippen LogP contribution in [0.2, 0.25) is 0 Å². The van der Waals surface area contributed by atoms with Gasteiger partial charge in [-0.15, -0.1) is 0 Å². The average molecular weight is 327 g/mol. The molecule has 2 aromatic rings. The molecule has 0 saturated heterocycles. The van der Waals surface area contributed by atoms with E-state index < -0.39 is 0 Å². The van der Waals surface area contributed by atoms with Gasteiger partial charge in [0.2, 0.25) is 0 Å². The summed E-state index contributed by atoms with van der Waals surface area (Å²) in [6.07, 6.45) is 7.86. The summed E-state index contributed by atoms with van der Waals surface area (Å²) in [6, 6.07) is 0. The second-order valence-corrected chi connectivity index (χ2v) is 5.14. The minimum atomic E-state index is 0.752. The van der Waals surface area contributed by atoms with Crippen LogP contribution in [0.3, 0.4) is 0 Å². The van der Waals surface area contributed by atoms with Gasteiger partial charge in [0.05, 0.1) is 24.7 Å². The van der Waals surface area contributed by atoms with Gasteiger partial charge in [-0.25, -0.2) is 9.97 Å². The normalized spacial score (nSPS) is 11.3. The Morgan fingerprint density at radius 1 is 1.32 bits per heavy atom. The highest BCUT2D eigenvalue weighted by atomic mass is 79.9. The first-order valence-corrected chi connectivity index (χ1v) is 7.36. The third-order valence-corrected chi connectivity index (χ3v) is 3.22. The maximum absolute atomic E-state index is 5.50. The lowest BCUT2D eigenvalue weighted by atomic mass is 10.4. The summed E-state index contributed by atoms with van der Waals surface area (Å²) in [6.45, 7) is 5.39. The van der Waals surface area contributed by atoms with Gasteiger partial charge in [-0.2, -0.15) is 0 Å². The van der Waals surface area contributed by atoms with Crippen molar-refractivity contribution in [2.24, 2.45) is 0 Å². The first-order valence-electron chi connectivity index (χ1n) is 6.57. The Labute approximate surface area is 121 Å². The molecule has 0 atom stereocenters. The van der Waals surface area contributed by atoms with Crippen LogP contribution >= 0.6 is 15.9 Å². The summed E-state index contributed by atoms with van der Waals surface area (Å²) in [5.41, 5.74) is 1.98. The number of hydrogen-bond acceptors (Lipinski definition) is 4. The van der Waals surface area contributed by atoms with E-state index in [4.69, 9.17) is 4.74 Å². The Morgan fingerprint density at radius 2 is 2.21 bits per heavy atom. The van der Waals surface area contributed by atoms with Crippen LogP contribution in [-0.2, 0) is 11.3 Å². The molecule has 1 N–H and O–H groups in total. The van der Waals surface area contributed by atoms with E-state index in [-0.39, 0.29) is 0 Å². The van der Waals surface area contributed by atoms with Crippen LogP contribution in [0.4, 0.5) is 0 Å². The number of aromatic nitrogens is 3. The number of unbranched alkanes of at least 4 members (excludes halogenated alkanes) is 1. The van der Waals surface area contributed by atoms with Crippen molar-refractivity contribution in [2.75, 3.05) is 19.8 Å². The lowest BCUT2D eigenvalue weighted by molar-refractivity contribution is 0.133. The fourth-order valence-electron chi connectivity index (χ4n) is 1.76. The number of halogens is 1. The highest BCUT2D eigenvalue weighted by Gasteiger charge is 2.03. The second kappa shape index (κ2) is 7.57. The monoisotopic (exact) mass is 326 g/mol. The van der Waals surface area contributed by atoms with Crippen molar-refractivity contribution in [3.05, 3.63) is 28.9 Å². The molecule has 2 rings (SSSR count). The molecule has 0 amide bonds. The van der Waals surface area contributed by atoms with Gasteiger partial charge in [0.15, 0.2) is 5.65 Å². The molecule has 0 saturated carbocycles. The van der Waals surface area contributed by atoms with Gasteiger partial charge in [-0.3, -0.25) is 4.40 Å². The van der Waals surface area contributed by atoms with Crippen molar-refractivity contribution in [3.8, 4) is 0 Å². The Morgan fingerprint density at radius 3 is 3.05 bits per heavy atom. The number of rotatable bonds is 8. The summed E-state index contributed by atoms with van der Waals surface area (Å²) < 4.78 is 8.33. The minimum absolute atomic E-state index is 0.752. The number of fused-ring (bicyclic) bond motifs is 1. The van der Waals surface area contributed by atoms with Crippen LogP contribution < -0.4 is 5.32 Å². The van der Waals surface area contributed by atoms with E-state index in [2.05, 4.69) is 38.1 Å². The zero-order valence-corrected chi connectivity index (χ0v) is 12.7. The van der Waals surface area contributed by atoms with Gasteiger partial charge >= 0.3 is 0 Å². The number of nitrogens with one attached hydrogen (secondary N) is 1. The van der Waals surface area contributed by atoms with Gasteiger partial charge in [-0.05, 0) is 22.4 Å².